The van der Waals surface area contributed by atoms with E-state index in [2.05, 4.69) is 12.1 Å². The van der Waals surface area contributed by atoms with Crippen molar-refractivity contribution in [3.63, 3.8) is 0 Å². The van der Waals surface area contributed by atoms with Gasteiger partial charge < -0.3 is 14.2 Å². The molecule has 2 aromatic carbocycles. The Morgan fingerprint density at radius 1 is 0.912 bits per heavy atom. The molecule has 184 valence electrons. The molecule has 0 amide bonds. The highest BCUT2D eigenvalue weighted by molar-refractivity contribution is 5.81. The second-order valence-electron chi connectivity index (χ2n) is 9.15. The lowest BCUT2D eigenvalue weighted by Gasteiger charge is -2.21. The molecule has 1 fully saturated rings. The van der Waals surface area contributed by atoms with Crippen LogP contribution in [0.4, 0.5) is 0 Å². The summed E-state index contributed by atoms with van der Waals surface area (Å²) in [5.74, 6) is 1.62. The monoisotopic (exact) mass is 466 g/mol. The minimum absolute atomic E-state index is 0.0444. The van der Waals surface area contributed by atoms with Crippen LogP contribution in [0.3, 0.4) is 0 Å². The maximum Gasteiger partial charge on any atom is 0.150 e. The van der Waals surface area contributed by atoms with Gasteiger partial charge in [-0.1, -0.05) is 31.4 Å². The van der Waals surface area contributed by atoms with Crippen LogP contribution in [0, 0.1) is 0 Å². The summed E-state index contributed by atoms with van der Waals surface area (Å²) in [6.07, 6.45) is 11.8. The molecule has 0 radical (unpaired) electrons. The highest BCUT2D eigenvalue weighted by Gasteiger charge is 2.13. The smallest absolute Gasteiger partial charge is 0.150 e. The molecule has 34 heavy (non-hydrogen) atoms. The summed E-state index contributed by atoms with van der Waals surface area (Å²) in [6.45, 7) is 3.64. The first-order chi connectivity index (χ1) is 16.6. The Bertz CT molecular complexity index is 884. The van der Waals surface area contributed by atoms with Crippen LogP contribution >= 0.6 is 0 Å². The first kappa shape index (κ1) is 26.0. The van der Waals surface area contributed by atoms with E-state index in [1.807, 2.05) is 12.1 Å². The van der Waals surface area contributed by atoms with Gasteiger partial charge in [-0.15, -0.1) is 0 Å². The fraction of sp³-hybridized carbons (Fsp3) is 0.517. The summed E-state index contributed by atoms with van der Waals surface area (Å²) in [5.41, 5.74) is 2.55. The number of benzene rings is 2. The topological polar surface area (TPSA) is 61.8 Å². The third kappa shape index (κ3) is 9.30. The molecule has 3 rings (SSSR count). The van der Waals surface area contributed by atoms with E-state index in [4.69, 9.17) is 14.2 Å². The van der Waals surface area contributed by atoms with E-state index in [1.54, 1.807) is 18.2 Å². The van der Waals surface area contributed by atoms with E-state index in [0.717, 1.165) is 49.9 Å². The van der Waals surface area contributed by atoms with E-state index in [-0.39, 0.29) is 12.2 Å². The summed E-state index contributed by atoms with van der Waals surface area (Å²) in [4.78, 5) is 22.5. The van der Waals surface area contributed by atoms with Gasteiger partial charge in [0.1, 0.15) is 23.6 Å². The molecule has 0 aromatic heterocycles. The Labute approximate surface area is 203 Å². The molecule has 0 heterocycles. The van der Waals surface area contributed by atoms with Gasteiger partial charge in [0.15, 0.2) is 0 Å². The Kier molecular flexibility index (Phi) is 11.1. The fourth-order valence-electron chi connectivity index (χ4n) is 4.31. The normalized spacial score (nSPS) is 14.0. The van der Waals surface area contributed by atoms with Gasteiger partial charge in [0.25, 0.3) is 0 Å². The molecule has 2 aromatic rings. The van der Waals surface area contributed by atoms with E-state index >= 15 is 0 Å². The van der Waals surface area contributed by atoms with Crippen LogP contribution in [-0.2, 0) is 22.4 Å². The number of aldehydes is 1. The van der Waals surface area contributed by atoms with E-state index in [9.17, 15) is 9.59 Å². The predicted octanol–water partition coefficient (Wildman–Crippen LogP) is 6.15. The van der Waals surface area contributed by atoms with Gasteiger partial charge >= 0.3 is 0 Å². The summed E-state index contributed by atoms with van der Waals surface area (Å²) >= 11 is 0. The van der Waals surface area contributed by atoms with Gasteiger partial charge in [0.05, 0.1) is 19.3 Å². The lowest BCUT2D eigenvalue weighted by Crippen LogP contribution is -2.17. The van der Waals surface area contributed by atoms with Crippen LogP contribution in [0.1, 0.15) is 79.8 Å². The first-order valence-corrected chi connectivity index (χ1v) is 12.7. The van der Waals surface area contributed by atoms with Gasteiger partial charge in [0, 0.05) is 24.2 Å². The summed E-state index contributed by atoms with van der Waals surface area (Å²) in [6, 6.07) is 13.5. The molecule has 0 N–H and O–H groups in total. The molecule has 1 saturated carbocycles. The van der Waals surface area contributed by atoms with Crippen molar-refractivity contribution in [2.45, 2.75) is 77.2 Å². The highest BCUT2D eigenvalue weighted by atomic mass is 16.5. The summed E-state index contributed by atoms with van der Waals surface area (Å²) < 4.78 is 17.7. The van der Waals surface area contributed by atoms with Crippen molar-refractivity contribution in [3.8, 4) is 11.5 Å². The molecule has 5 heteroatoms. The van der Waals surface area contributed by atoms with Crippen LogP contribution in [0.25, 0.3) is 0 Å². The zero-order valence-electron chi connectivity index (χ0n) is 20.4. The van der Waals surface area contributed by atoms with Crippen LogP contribution in [0.15, 0.2) is 42.5 Å². The molecule has 0 spiro atoms. The average Bonchev–Trinajstić information content (AvgIpc) is 2.85. The van der Waals surface area contributed by atoms with Crippen molar-refractivity contribution < 1.29 is 23.8 Å². The summed E-state index contributed by atoms with van der Waals surface area (Å²) in [5, 5.41) is 0. The van der Waals surface area contributed by atoms with Gasteiger partial charge in [0.2, 0.25) is 0 Å². The molecule has 1 aliphatic rings. The van der Waals surface area contributed by atoms with E-state index < -0.39 is 0 Å². The Balaban J connectivity index is 1.30. The van der Waals surface area contributed by atoms with Gasteiger partial charge in [-0.2, -0.15) is 0 Å². The molecule has 0 atom stereocenters. The zero-order chi connectivity index (χ0) is 24.0. The quantitative estimate of drug-likeness (QED) is 0.233. The fourth-order valence-corrected chi connectivity index (χ4v) is 4.31. The minimum Gasteiger partial charge on any atom is -0.494 e. The molecular formula is C29H38O5. The van der Waals surface area contributed by atoms with Crippen molar-refractivity contribution in [2.24, 2.45) is 0 Å². The molecule has 0 bridgehead atoms. The predicted molar refractivity (Wildman–Crippen MR) is 134 cm³/mol. The number of carbonyl (C=O) groups is 2. The number of Topliss-reactive ketones (excluding diaryl/α,β-unsaturated/α-hetero) is 1. The third-order valence-electron chi connectivity index (χ3n) is 6.16. The number of unbranched alkanes of at least 4 members (excludes halogenated alkanes) is 1. The van der Waals surface area contributed by atoms with E-state index in [1.165, 1.54) is 44.6 Å². The van der Waals surface area contributed by atoms with Gasteiger partial charge in [-0.05, 0) is 81.3 Å². The van der Waals surface area contributed by atoms with Crippen molar-refractivity contribution in [1.82, 2.24) is 0 Å². The van der Waals surface area contributed by atoms with Crippen LogP contribution in [0.5, 0.6) is 11.5 Å². The molecule has 0 unspecified atom stereocenters. The number of rotatable bonds is 15. The number of hydrogen-bond donors (Lipinski definition) is 0. The number of ketones is 1. The van der Waals surface area contributed by atoms with Crippen molar-refractivity contribution >= 4 is 12.1 Å². The molecule has 0 saturated heterocycles. The van der Waals surface area contributed by atoms with Gasteiger partial charge in [-0.25, -0.2) is 0 Å². The zero-order valence-corrected chi connectivity index (χ0v) is 20.4. The standard InChI is InChI=1S/C29H38O5/c1-23(31)20-26-21-25(22-30)13-16-29(26)34-19-7-8-24-11-14-28(15-12-24)33-18-6-5-17-32-27-9-3-2-4-10-27/h11-16,21-22,27H,2-10,17-20H2,1H3. The maximum absolute atomic E-state index is 11.5. The van der Waals surface area contributed by atoms with Gasteiger partial charge in [-0.3, -0.25) is 9.59 Å². The minimum atomic E-state index is 0.0444. The molecule has 5 nitrogen and oxygen atoms in total. The van der Waals surface area contributed by atoms with E-state index in [0.29, 0.717) is 30.6 Å². The largest absolute Gasteiger partial charge is 0.494 e. The first-order valence-electron chi connectivity index (χ1n) is 12.7. The maximum atomic E-state index is 11.5. The molecular weight excluding hydrogens is 428 g/mol. The van der Waals surface area contributed by atoms with Crippen molar-refractivity contribution in [2.75, 3.05) is 19.8 Å². The Morgan fingerprint density at radius 3 is 2.38 bits per heavy atom. The van der Waals surface area contributed by atoms with Crippen molar-refractivity contribution in [3.05, 3.63) is 59.2 Å². The molecule has 0 aliphatic heterocycles. The van der Waals surface area contributed by atoms with Crippen LogP contribution in [-0.4, -0.2) is 38.0 Å². The third-order valence-corrected chi connectivity index (χ3v) is 6.16. The Hall–Kier alpha value is -2.66. The van der Waals surface area contributed by atoms with Crippen molar-refractivity contribution in [1.29, 1.82) is 0 Å². The second kappa shape index (κ2) is 14.6. The number of hydrogen-bond acceptors (Lipinski definition) is 5. The van der Waals surface area contributed by atoms with Crippen LogP contribution in [0.2, 0.25) is 0 Å². The molecule has 1 aliphatic carbocycles. The second-order valence-corrected chi connectivity index (χ2v) is 9.15. The SMILES string of the molecule is CC(=O)Cc1cc(C=O)ccc1OCCCc1ccc(OCCCCOC2CCCCC2)cc1. The van der Waals surface area contributed by atoms with Crippen LogP contribution < -0.4 is 9.47 Å². The average molecular weight is 467 g/mol. The number of ether oxygens (including phenoxy) is 3. The lowest BCUT2D eigenvalue weighted by atomic mass is 9.98. The summed E-state index contributed by atoms with van der Waals surface area (Å²) in [7, 11) is 0. The highest BCUT2D eigenvalue weighted by Crippen LogP contribution is 2.22. The number of carbonyl (C=O) groups excluding carboxylic acids is 2. The Morgan fingerprint density at radius 2 is 1.65 bits per heavy atom. The number of aryl methyl sites for hydroxylation is 1. The lowest BCUT2D eigenvalue weighted by molar-refractivity contribution is -0.116.